The highest BCUT2D eigenvalue weighted by Gasteiger charge is 2.03. The largest absolute Gasteiger partial charge is 0.495 e. The Labute approximate surface area is 123 Å². The molecule has 0 aliphatic carbocycles. The van der Waals surface area contributed by atoms with Gasteiger partial charge in [0.15, 0.2) is 0 Å². The second-order valence-electron chi connectivity index (χ2n) is 4.38. The van der Waals surface area contributed by atoms with E-state index in [1.807, 2.05) is 36.4 Å². The molecule has 0 radical (unpaired) electrons. The first-order chi connectivity index (χ1) is 9.72. The van der Waals surface area contributed by atoms with E-state index < -0.39 is 0 Å². The first kappa shape index (κ1) is 14.4. The van der Waals surface area contributed by atoms with Gasteiger partial charge in [-0.05, 0) is 35.4 Å². The van der Waals surface area contributed by atoms with E-state index in [2.05, 4.69) is 11.4 Å². The molecule has 102 valence electrons. The summed E-state index contributed by atoms with van der Waals surface area (Å²) in [7, 11) is 1.57. The molecule has 1 N–H and O–H groups in total. The van der Waals surface area contributed by atoms with Crippen LogP contribution in [-0.2, 0) is 13.1 Å². The number of methoxy groups -OCH3 is 1. The van der Waals surface area contributed by atoms with Crippen LogP contribution in [0.25, 0.3) is 0 Å². The van der Waals surface area contributed by atoms with Crippen molar-refractivity contribution >= 4 is 11.6 Å². The number of rotatable bonds is 5. The van der Waals surface area contributed by atoms with Crippen molar-refractivity contribution in [3.05, 3.63) is 64.2 Å². The molecule has 4 heteroatoms. The minimum atomic E-state index is 0.550. The summed E-state index contributed by atoms with van der Waals surface area (Å²) in [5.41, 5.74) is 2.80. The van der Waals surface area contributed by atoms with Crippen molar-refractivity contribution in [2.24, 2.45) is 0 Å². The summed E-state index contributed by atoms with van der Waals surface area (Å²) in [5, 5.41) is 13.0. The number of ether oxygens (including phenoxy) is 1. The van der Waals surface area contributed by atoms with Gasteiger partial charge in [0.1, 0.15) is 11.8 Å². The third-order valence-electron chi connectivity index (χ3n) is 2.96. The van der Waals surface area contributed by atoms with Crippen LogP contribution in [0.1, 0.15) is 16.7 Å². The van der Waals surface area contributed by atoms with Crippen LogP contribution in [0.2, 0.25) is 5.02 Å². The molecule has 0 atom stereocenters. The Kier molecular flexibility index (Phi) is 5.00. The number of nitriles is 1. The summed E-state index contributed by atoms with van der Waals surface area (Å²) in [5.74, 6) is 0.610. The first-order valence-electron chi connectivity index (χ1n) is 6.25. The van der Waals surface area contributed by atoms with Crippen molar-refractivity contribution in [1.29, 1.82) is 5.26 Å². The second kappa shape index (κ2) is 6.95. The maximum atomic E-state index is 8.93. The van der Waals surface area contributed by atoms with E-state index in [-0.39, 0.29) is 0 Å². The van der Waals surface area contributed by atoms with E-state index in [9.17, 15) is 0 Å². The van der Waals surface area contributed by atoms with Crippen LogP contribution in [0.3, 0.4) is 0 Å². The average molecular weight is 287 g/mol. The maximum Gasteiger partial charge on any atom is 0.136 e. The number of benzene rings is 2. The zero-order chi connectivity index (χ0) is 14.4. The van der Waals surface area contributed by atoms with Crippen molar-refractivity contribution < 1.29 is 4.74 Å². The lowest BCUT2D eigenvalue weighted by Gasteiger charge is -2.08. The van der Waals surface area contributed by atoms with Gasteiger partial charge in [0.25, 0.3) is 0 Å². The number of nitrogens with one attached hydrogen (secondary N) is 1. The molecule has 2 aromatic carbocycles. The summed E-state index contributed by atoms with van der Waals surface area (Å²) >= 11 is 5.84. The molecule has 0 aromatic heterocycles. The average Bonchev–Trinajstić information content (AvgIpc) is 2.49. The molecule has 0 heterocycles. The number of halogens is 1. The third-order valence-corrected chi connectivity index (χ3v) is 3.21. The molecule has 0 saturated carbocycles. The molecule has 0 aliphatic heterocycles. The van der Waals surface area contributed by atoms with Crippen LogP contribution < -0.4 is 10.1 Å². The summed E-state index contributed by atoms with van der Waals surface area (Å²) < 4.78 is 5.19. The third kappa shape index (κ3) is 3.74. The molecule has 2 aromatic rings. The van der Waals surface area contributed by atoms with Gasteiger partial charge in [0, 0.05) is 18.1 Å². The predicted octanol–water partition coefficient (Wildman–Crippen LogP) is 3.51. The smallest absolute Gasteiger partial charge is 0.136 e. The fraction of sp³-hybridized carbons (Fsp3) is 0.188. The molecule has 2 rings (SSSR count). The quantitative estimate of drug-likeness (QED) is 0.915. The highest BCUT2D eigenvalue weighted by Crippen LogP contribution is 2.19. The van der Waals surface area contributed by atoms with E-state index in [1.54, 1.807) is 13.2 Å². The molecular weight excluding hydrogens is 272 g/mol. The van der Waals surface area contributed by atoms with Crippen molar-refractivity contribution in [3.8, 4) is 11.8 Å². The zero-order valence-electron chi connectivity index (χ0n) is 11.2. The maximum absolute atomic E-state index is 8.93. The fourth-order valence-electron chi connectivity index (χ4n) is 1.89. The number of hydrogen-bond acceptors (Lipinski definition) is 3. The van der Waals surface area contributed by atoms with Gasteiger partial charge < -0.3 is 10.1 Å². The molecule has 0 fully saturated rings. The molecule has 3 nitrogen and oxygen atoms in total. The lowest BCUT2D eigenvalue weighted by Crippen LogP contribution is -2.12. The molecule has 0 aliphatic rings. The van der Waals surface area contributed by atoms with Crippen LogP contribution in [0.5, 0.6) is 5.75 Å². The monoisotopic (exact) mass is 286 g/mol. The molecule has 0 spiro atoms. The Morgan fingerprint density at radius 1 is 1.10 bits per heavy atom. The summed E-state index contributed by atoms with van der Waals surface area (Å²) in [4.78, 5) is 0. The van der Waals surface area contributed by atoms with Crippen molar-refractivity contribution in [3.63, 3.8) is 0 Å². The Balaban J connectivity index is 1.94. The lowest BCUT2D eigenvalue weighted by atomic mass is 10.1. The standard InChI is InChI=1S/C16H15ClN2O/c1-20-16-8-13(2-5-14(16)9-18)11-19-10-12-3-6-15(17)7-4-12/h2-8,19H,10-11H2,1H3. The SMILES string of the molecule is COc1cc(CNCc2ccc(Cl)cc2)ccc1C#N. The summed E-state index contributed by atoms with van der Waals surface area (Å²) in [6, 6.07) is 15.4. The van der Waals surface area contributed by atoms with E-state index in [0.29, 0.717) is 17.9 Å². The normalized spacial score (nSPS) is 10.1. The van der Waals surface area contributed by atoms with Gasteiger partial charge in [-0.1, -0.05) is 29.8 Å². The van der Waals surface area contributed by atoms with Gasteiger partial charge in [-0.25, -0.2) is 0 Å². The molecule has 0 amide bonds. The Morgan fingerprint density at radius 3 is 2.40 bits per heavy atom. The van der Waals surface area contributed by atoms with Crippen LogP contribution in [0.15, 0.2) is 42.5 Å². The summed E-state index contributed by atoms with van der Waals surface area (Å²) in [6.45, 7) is 1.48. The lowest BCUT2D eigenvalue weighted by molar-refractivity contribution is 0.412. The highest BCUT2D eigenvalue weighted by atomic mass is 35.5. The first-order valence-corrected chi connectivity index (χ1v) is 6.63. The second-order valence-corrected chi connectivity index (χ2v) is 4.81. The van der Waals surface area contributed by atoms with E-state index >= 15 is 0 Å². The van der Waals surface area contributed by atoms with Gasteiger partial charge in [0.2, 0.25) is 0 Å². The molecule has 0 unspecified atom stereocenters. The molecular formula is C16H15ClN2O. The minimum absolute atomic E-state index is 0.550. The van der Waals surface area contributed by atoms with Crippen LogP contribution in [-0.4, -0.2) is 7.11 Å². The van der Waals surface area contributed by atoms with Crippen molar-refractivity contribution in [2.75, 3.05) is 7.11 Å². The topological polar surface area (TPSA) is 45.0 Å². The van der Waals surface area contributed by atoms with Crippen LogP contribution in [0.4, 0.5) is 0 Å². The zero-order valence-corrected chi connectivity index (χ0v) is 11.9. The molecule has 0 saturated heterocycles. The van der Waals surface area contributed by atoms with E-state index in [4.69, 9.17) is 21.6 Å². The van der Waals surface area contributed by atoms with Gasteiger partial charge in [-0.3, -0.25) is 0 Å². The van der Waals surface area contributed by atoms with Crippen LogP contribution >= 0.6 is 11.6 Å². The minimum Gasteiger partial charge on any atom is -0.495 e. The number of hydrogen-bond donors (Lipinski definition) is 1. The van der Waals surface area contributed by atoms with Gasteiger partial charge in [-0.2, -0.15) is 5.26 Å². The predicted molar refractivity (Wildman–Crippen MR) is 79.7 cm³/mol. The van der Waals surface area contributed by atoms with Gasteiger partial charge in [0.05, 0.1) is 12.7 Å². The van der Waals surface area contributed by atoms with Gasteiger partial charge in [-0.15, -0.1) is 0 Å². The Morgan fingerprint density at radius 2 is 1.75 bits per heavy atom. The highest BCUT2D eigenvalue weighted by molar-refractivity contribution is 6.30. The van der Waals surface area contributed by atoms with E-state index in [0.717, 1.165) is 17.1 Å². The van der Waals surface area contributed by atoms with Crippen molar-refractivity contribution in [1.82, 2.24) is 5.32 Å². The van der Waals surface area contributed by atoms with E-state index in [1.165, 1.54) is 5.56 Å². The van der Waals surface area contributed by atoms with Crippen LogP contribution in [0, 0.1) is 11.3 Å². The fourth-order valence-corrected chi connectivity index (χ4v) is 2.02. The van der Waals surface area contributed by atoms with Gasteiger partial charge >= 0.3 is 0 Å². The molecule has 20 heavy (non-hydrogen) atoms. The Hall–Kier alpha value is -2.02. The summed E-state index contributed by atoms with van der Waals surface area (Å²) in [6.07, 6.45) is 0. The number of nitrogens with zero attached hydrogens (tertiary/aromatic N) is 1. The van der Waals surface area contributed by atoms with Crippen molar-refractivity contribution in [2.45, 2.75) is 13.1 Å². The molecule has 0 bridgehead atoms. The Bertz CT molecular complexity index is 617.